The van der Waals surface area contributed by atoms with Gasteiger partial charge in [-0.25, -0.2) is 0 Å². The lowest BCUT2D eigenvalue weighted by molar-refractivity contribution is 0.00999. The Morgan fingerprint density at radius 2 is 1.50 bits per heavy atom. The molecule has 0 aliphatic heterocycles. The molecule has 4 N–H and O–H groups in total. The monoisotopic (exact) mass is 203 g/mol. The lowest BCUT2D eigenvalue weighted by atomic mass is 10.0. The average Bonchev–Trinajstić information content (AvgIpc) is 2.17. The standard InChI is InChI=1S/C11H25NO2/c1-2-3-4-5-6-7-10(13)11(14)8-9-12/h10-11,13-14H,2-9,12H2,1H3. The van der Waals surface area contributed by atoms with Crippen LogP contribution in [0.3, 0.4) is 0 Å². The molecule has 0 aliphatic carbocycles. The molecular weight excluding hydrogens is 178 g/mol. The molecule has 0 saturated carbocycles. The minimum absolute atomic E-state index is 0.439. The number of aliphatic hydroxyl groups excluding tert-OH is 2. The van der Waals surface area contributed by atoms with Crippen LogP contribution in [-0.4, -0.2) is 29.0 Å². The molecule has 86 valence electrons. The van der Waals surface area contributed by atoms with Gasteiger partial charge in [0.1, 0.15) is 0 Å². The van der Waals surface area contributed by atoms with Gasteiger partial charge in [-0.1, -0.05) is 39.0 Å². The minimum atomic E-state index is -0.633. The third kappa shape index (κ3) is 7.30. The first-order valence-electron chi connectivity index (χ1n) is 5.78. The Bertz CT molecular complexity index is 120. The highest BCUT2D eigenvalue weighted by Gasteiger charge is 2.14. The zero-order valence-electron chi connectivity index (χ0n) is 9.28. The summed E-state index contributed by atoms with van der Waals surface area (Å²) in [6.07, 6.45) is 5.87. The van der Waals surface area contributed by atoms with Gasteiger partial charge in [-0.05, 0) is 19.4 Å². The van der Waals surface area contributed by atoms with Crippen molar-refractivity contribution in [2.45, 2.75) is 64.1 Å². The van der Waals surface area contributed by atoms with Gasteiger partial charge >= 0.3 is 0 Å². The molecule has 0 fully saturated rings. The molecule has 0 rings (SSSR count). The fourth-order valence-corrected chi connectivity index (χ4v) is 1.51. The summed E-state index contributed by atoms with van der Waals surface area (Å²) < 4.78 is 0. The molecule has 2 atom stereocenters. The lowest BCUT2D eigenvalue weighted by Crippen LogP contribution is -2.28. The molecule has 0 spiro atoms. The molecule has 14 heavy (non-hydrogen) atoms. The Hall–Kier alpha value is -0.120. The molecule has 0 saturated heterocycles. The van der Waals surface area contributed by atoms with E-state index in [1.54, 1.807) is 0 Å². The zero-order chi connectivity index (χ0) is 10.8. The fourth-order valence-electron chi connectivity index (χ4n) is 1.51. The maximum Gasteiger partial charge on any atom is 0.0811 e. The highest BCUT2D eigenvalue weighted by Crippen LogP contribution is 2.10. The van der Waals surface area contributed by atoms with Gasteiger partial charge in [-0.3, -0.25) is 0 Å². The molecule has 0 aromatic carbocycles. The van der Waals surface area contributed by atoms with Crippen molar-refractivity contribution in [1.29, 1.82) is 0 Å². The normalized spacial score (nSPS) is 15.4. The van der Waals surface area contributed by atoms with Crippen molar-refractivity contribution in [3.05, 3.63) is 0 Å². The van der Waals surface area contributed by atoms with Gasteiger partial charge in [0, 0.05) is 0 Å². The predicted molar refractivity (Wildman–Crippen MR) is 59.1 cm³/mol. The van der Waals surface area contributed by atoms with Gasteiger partial charge in [0.05, 0.1) is 12.2 Å². The molecule has 0 aliphatic rings. The van der Waals surface area contributed by atoms with Crippen molar-refractivity contribution in [2.24, 2.45) is 5.73 Å². The van der Waals surface area contributed by atoms with Crippen LogP contribution in [0.25, 0.3) is 0 Å². The summed E-state index contributed by atoms with van der Waals surface area (Å²) in [6, 6.07) is 0. The summed E-state index contributed by atoms with van der Waals surface area (Å²) in [6.45, 7) is 2.62. The molecule has 0 radical (unpaired) electrons. The molecule has 0 amide bonds. The van der Waals surface area contributed by atoms with Gasteiger partial charge in [0.15, 0.2) is 0 Å². The minimum Gasteiger partial charge on any atom is -0.390 e. The zero-order valence-corrected chi connectivity index (χ0v) is 9.28. The average molecular weight is 203 g/mol. The van der Waals surface area contributed by atoms with Crippen molar-refractivity contribution in [2.75, 3.05) is 6.54 Å². The number of hydrogen-bond donors (Lipinski definition) is 3. The molecule has 0 aromatic heterocycles. The van der Waals surface area contributed by atoms with Gasteiger partial charge in [-0.2, -0.15) is 0 Å². The Balaban J connectivity index is 3.29. The Kier molecular flexibility index (Phi) is 9.35. The smallest absolute Gasteiger partial charge is 0.0811 e. The van der Waals surface area contributed by atoms with E-state index in [0.717, 1.165) is 12.8 Å². The van der Waals surface area contributed by atoms with Gasteiger partial charge in [0.2, 0.25) is 0 Å². The van der Waals surface area contributed by atoms with Crippen LogP contribution in [0.1, 0.15) is 51.9 Å². The number of nitrogens with two attached hydrogens (primary N) is 1. The van der Waals surface area contributed by atoms with E-state index >= 15 is 0 Å². The third-order valence-electron chi connectivity index (χ3n) is 2.51. The van der Waals surface area contributed by atoms with E-state index < -0.39 is 12.2 Å². The topological polar surface area (TPSA) is 66.5 Å². The second-order valence-electron chi connectivity index (χ2n) is 3.91. The number of unbranched alkanes of at least 4 members (excludes halogenated alkanes) is 4. The van der Waals surface area contributed by atoms with Crippen LogP contribution in [0.2, 0.25) is 0 Å². The molecule has 0 heterocycles. The van der Waals surface area contributed by atoms with Crippen molar-refractivity contribution in [3.8, 4) is 0 Å². The Morgan fingerprint density at radius 3 is 2.07 bits per heavy atom. The highest BCUT2D eigenvalue weighted by atomic mass is 16.3. The largest absolute Gasteiger partial charge is 0.390 e. The van der Waals surface area contributed by atoms with Crippen LogP contribution >= 0.6 is 0 Å². The maximum atomic E-state index is 9.50. The van der Waals surface area contributed by atoms with Gasteiger partial charge in [-0.15, -0.1) is 0 Å². The van der Waals surface area contributed by atoms with Crippen LogP contribution < -0.4 is 5.73 Å². The van der Waals surface area contributed by atoms with Crippen molar-refractivity contribution in [1.82, 2.24) is 0 Å². The number of aliphatic hydroxyl groups is 2. The Morgan fingerprint density at radius 1 is 0.929 bits per heavy atom. The molecule has 0 aromatic rings. The van der Waals surface area contributed by atoms with E-state index in [-0.39, 0.29) is 0 Å². The molecule has 2 unspecified atom stereocenters. The fraction of sp³-hybridized carbons (Fsp3) is 1.00. The lowest BCUT2D eigenvalue weighted by Gasteiger charge is -2.16. The van der Waals surface area contributed by atoms with E-state index in [4.69, 9.17) is 5.73 Å². The molecule has 0 bridgehead atoms. The number of hydrogen-bond acceptors (Lipinski definition) is 3. The summed E-state index contributed by atoms with van der Waals surface area (Å²) in [7, 11) is 0. The van der Waals surface area contributed by atoms with E-state index in [9.17, 15) is 10.2 Å². The van der Waals surface area contributed by atoms with E-state index in [0.29, 0.717) is 19.4 Å². The molecule has 3 nitrogen and oxygen atoms in total. The summed E-state index contributed by atoms with van der Waals surface area (Å²) in [5, 5.41) is 18.9. The van der Waals surface area contributed by atoms with E-state index in [2.05, 4.69) is 6.92 Å². The second-order valence-corrected chi connectivity index (χ2v) is 3.91. The van der Waals surface area contributed by atoms with Crippen LogP contribution in [0.4, 0.5) is 0 Å². The SMILES string of the molecule is CCCCCCCC(O)C(O)CCN. The number of rotatable bonds is 9. The summed E-state index contributed by atoms with van der Waals surface area (Å²) in [4.78, 5) is 0. The van der Waals surface area contributed by atoms with Crippen LogP contribution in [0.15, 0.2) is 0 Å². The van der Waals surface area contributed by atoms with E-state index in [1.807, 2.05) is 0 Å². The quantitative estimate of drug-likeness (QED) is 0.496. The van der Waals surface area contributed by atoms with Gasteiger partial charge in [0.25, 0.3) is 0 Å². The van der Waals surface area contributed by atoms with Crippen molar-refractivity contribution in [3.63, 3.8) is 0 Å². The van der Waals surface area contributed by atoms with E-state index in [1.165, 1.54) is 19.3 Å². The van der Waals surface area contributed by atoms with Gasteiger partial charge < -0.3 is 15.9 Å². The Labute approximate surface area is 87.3 Å². The predicted octanol–water partition coefficient (Wildman–Crippen LogP) is 1.42. The molecular formula is C11H25NO2. The first-order chi connectivity index (χ1) is 6.72. The van der Waals surface area contributed by atoms with Crippen molar-refractivity contribution >= 4 is 0 Å². The van der Waals surface area contributed by atoms with Crippen LogP contribution in [0, 0.1) is 0 Å². The summed E-state index contributed by atoms with van der Waals surface area (Å²) in [5.74, 6) is 0. The summed E-state index contributed by atoms with van der Waals surface area (Å²) in [5.41, 5.74) is 5.29. The maximum absolute atomic E-state index is 9.50. The first kappa shape index (κ1) is 13.9. The third-order valence-corrected chi connectivity index (χ3v) is 2.51. The highest BCUT2D eigenvalue weighted by molar-refractivity contribution is 4.67. The molecule has 3 heteroatoms. The summed E-state index contributed by atoms with van der Waals surface area (Å²) >= 11 is 0. The van der Waals surface area contributed by atoms with Crippen LogP contribution in [0.5, 0.6) is 0 Å². The van der Waals surface area contributed by atoms with Crippen molar-refractivity contribution < 1.29 is 10.2 Å². The second kappa shape index (κ2) is 9.44. The first-order valence-corrected chi connectivity index (χ1v) is 5.78. The van der Waals surface area contributed by atoms with Crippen LogP contribution in [-0.2, 0) is 0 Å².